The second-order valence-electron chi connectivity index (χ2n) is 5.75. The van der Waals surface area contributed by atoms with Gasteiger partial charge in [0.2, 0.25) is 0 Å². The van der Waals surface area contributed by atoms with Gasteiger partial charge in [0.05, 0.1) is 7.11 Å². The molecular weight excluding hydrogens is 236 g/mol. The van der Waals surface area contributed by atoms with Crippen molar-refractivity contribution in [2.75, 3.05) is 20.2 Å². The molecule has 0 unspecified atom stereocenters. The molecule has 0 radical (unpaired) electrons. The Bertz CT molecular complexity index is 402. The van der Waals surface area contributed by atoms with E-state index < -0.39 is 0 Å². The summed E-state index contributed by atoms with van der Waals surface area (Å²) < 4.78 is 5.47. The largest absolute Gasteiger partial charge is 0.496 e. The third kappa shape index (κ3) is 4.22. The van der Waals surface area contributed by atoms with Gasteiger partial charge in [0.1, 0.15) is 5.75 Å². The van der Waals surface area contributed by atoms with Crippen molar-refractivity contribution in [3.05, 3.63) is 29.3 Å². The molecule has 0 saturated heterocycles. The number of hydrogen-bond acceptors (Lipinski definition) is 3. The van der Waals surface area contributed by atoms with E-state index in [0.29, 0.717) is 6.54 Å². The predicted octanol–water partition coefficient (Wildman–Crippen LogP) is 2.95. The predicted molar refractivity (Wildman–Crippen MR) is 81.6 cm³/mol. The zero-order valence-corrected chi connectivity index (χ0v) is 13.0. The summed E-state index contributed by atoms with van der Waals surface area (Å²) in [7, 11) is 1.73. The van der Waals surface area contributed by atoms with Crippen LogP contribution < -0.4 is 10.5 Å². The molecule has 3 nitrogen and oxygen atoms in total. The highest BCUT2D eigenvalue weighted by molar-refractivity contribution is 5.36. The molecule has 0 aliphatic carbocycles. The van der Waals surface area contributed by atoms with Crippen LogP contribution in [0.5, 0.6) is 5.75 Å². The van der Waals surface area contributed by atoms with Crippen molar-refractivity contribution in [2.45, 2.75) is 46.2 Å². The standard InChI is InChI=1S/C16H28N2O/c1-6-9-18(16(3,4)12-17)11-14-10-13(2)7-8-15(14)19-5/h7-8,10H,6,9,11-12,17H2,1-5H3. The molecule has 0 fully saturated rings. The van der Waals surface area contributed by atoms with Crippen molar-refractivity contribution < 1.29 is 4.74 Å². The molecule has 3 heteroatoms. The summed E-state index contributed by atoms with van der Waals surface area (Å²) in [6.45, 7) is 11.3. The van der Waals surface area contributed by atoms with Gasteiger partial charge in [0, 0.05) is 24.2 Å². The van der Waals surface area contributed by atoms with E-state index in [1.54, 1.807) is 7.11 Å². The lowest BCUT2D eigenvalue weighted by molar-refractivity contribution is 0.117. The Morgan fingerprint density at radius 1 is 1.32 bits per heavy atom. The third-order valence-electron chi connectivity index (χ3n) is 3.65. The Balaban J connectivity index is 2.99. The third-order valence-corrected chi connectivity index (χ3v) is 3.65. The van der Waals surface area contributed by atoms with Crippen LogP contribution in [0, 0.1) is 6.92 Å². The van der Waals surface area contributed by atoms with Crippen LogP contribution in [0.25, 0.3) is 0 Å². The van der Waals surface area contributed by atoms with Gasteiger partial charge in [-0.1, -0.05) is 24.6 Å². The van der Waals surface area contributed by atoms with Crippen LogP contribution in [0.3, 0.4) is 0 Å². The van der Waals surface area contributed by atoms with E-state index in [2.05, 4.69) is 44.7 Å². The monoisotopic (exact) mass is 264 g/mol. The highest BCUT2D eigenvalue weighted by Gasteiger charge is 2.25. The number of nitrogens with two attached hydrogens (primary N) is 1. The molecular formula is C16H28N2O. The summed E-state index contributed by atoms with van der Waals surface area (Å²) in [6.07, 6.45) is 1.12. The fraction of sp³-hybridized carbons (Fsp3) is 0.625. The minimum absolute atomic E-state index is 0.00473. The Hall–Kier alpha value is -1.06. The molecule has 0 aromatic heterocycles. The van der Waals surface area contributed by atoms with Crippen molar-refractivity contribution in [2.24, 2.45) is 5.73 Å². The van der Waals surface area contributed by atoms with Crippen LogP contribution in [0.4, 0.5) is 0 Å². The van der Waals surface area contributed by atoms with Crippen LogP contribution in [-0.4, -0.2) is 30.6 Å². The Morgan fingerprint density at radius 2 is 2.00 bits per heavy atom. The summed E-state index contributed by atoms with van der Waals surface area (Å²) in [5, 5.41) is 0. The zero-order chi connectivity index (χ0) is 14.5. The first-order valence-electron chi connectivity index (χ1n) is 7.03. The quantitative estimate of drug-likeness (QED) is 0.823. The molecule has 0 aliphatic heterocycles. The van der Waals surface area contributed by atoms with Crippen molar-refractivity contribution in [1.82, 2.24) is 4.90 Å². The van der Waals surface area contributed by atoms with E-state index in [-0.39, 0.29) is 5.54 Å². The number of benzene rings is 1. The first-order valence-corrected chi connectivity index (χ1v) is 7.03. The molecule has 0 spiro atoms. The van der Waals surface area contributed by atoms with Crippen LogP contribution in [0.15, 0.2) is 18.2 Å². The van der Waals surface area contributed by atoms with Gasteiger partial charge in [-0.05, 0) is 39.8 Å². The molecule has 1 aromatic carbocycles. The number of hydrogen-bond donors (Lipinski definition) is 1. The van der Waals surface area contributed by atoms with Gasteiger partial charge in [-0.3, -0.25) is 4.90 Å². The summed E-state index contributed by atoms with van der Waals surface area (Å²) in [5.41, 5.74) is 8.42. The van der Waals surface area contributed by atoms with Crippen molar-refractivity contribution in [1.29, 1.82) is 0 Å². The minimum Gasteiger partial charge on any atom is -0.496 e. The Labute approximate surface area is 117 Å². The van der Waals surface area contributed by atoms with Gasteiger partial charge in [0.15, 0.2) is 0 Å². The van der Waals surface area contributed by atoms with Crippen molar-refractivity contribution in [3.8, 4) is 5.75 Å². The summed E-state index contributed by atoms with van der Waals surface area (Å²) in [4.78, 5) is 2.43. The molecule has 0 bridgehead atoms. The smallest absolute Gasteiger partial charge is 0.123 e. The number of rotatable bonds is 7. The van der Waals surface area contributed by atoms with E-state index in [0.717, 1.165) is 25.3 Å². The molecule has 0 aliphatic rings. The summed E-state index contributed by atoms with van der Waals surface area (Å²) >= 11 is 0. The lowest BCUT2D eigenvalue weighted by Gasteiger charge is -2.38. The molecule has 0 heterocycles. The number of methoxy groups -OCH3 is 1. The first kappa shape index (κ1) is 16.0. The molecule has 108 valence electrons. The highest BCUT2D eigenvalue weighted by Crippen LogP contribution is 2.25. The van der Waals surface area contributed by atoms with Gasteiger partial charge >= 0.3 is 0 Å². The maximum absolute atomic E-state index is 5.92. The highest BCUT2D eigenvalue weighted by atomic mass is 16.5. The number of aryl methyl sites for hydroxylation is 1. The fourth-order valence-electron chi connectivity index (χ4n) is 2.23. The lowest BCUT2D eigenvalue weighted by atomic mass is 10.0. The topological polar surface area (TPSA) is 38.5 Å². The molecule has 2 N–H and O–H groups in total. The normalized spacial score (nSPS) is 11.9. The van der Waals surface area contributed by atoms with E-state index in [1.165, 1.54) is 11.1 Å². The van der Waals surface area contributed by atoms with Gasteiger partial charge < -0.3 is 10.5 Å². The van der Waals surface area contributed by atoms with Crippen LogP contribution in [0.1, 0.15) is 38.3 Å². The van der Waals surface area contributed by atoms with E-state index >= 15 is 0 Å². The van der Waals surface area contributed by atoms with Crippen molar-refractivity contribution in [3.63, 3.8) is 0 Å². The summed E-state index contributed by atoms with van der Waals surface area (Å²) in [6, 6.07) is 6.33. The zero-order valence-electron chi connectivity index (χ0n) is 13.0. The Kier molecular flexibility index (Phi) is 5.83. The SMILES string of the molecule is CCCN(Cc1cc(C)ccc1OC)C(C)(C)CN. The van der Waals surface area contributed by atoms with Gasteiger partial charge in [-0.15, -0.1) is 0 Å². The van der Waals surface area contributed by atoms with E-state index in [4.69, 9.17) is 10.5 Å². The average molecular weight is 264 g/mol. The van der Waals surface area contributed by atoms with Gasteiger partial charge in [0.25, 0.3) is 0 Å². The number of nitrogens with zero attached hydrogens (tertiary/aromatic N) is 1. The van der Waals surface area contributed by atoms with E-state index in [1.807, 2.05) is 6.07 Å². The molecule has 0 amide bonds. The average Bonchev–Trinajstić information content (AvgIpc) is 2.38. The molecule has 1 aromatic rings. The van der Waals surface area contributed by atoms with E-state index in [9.17, 15) is 0 Å². The maximum Gasteiger partial charge on any atom is 0.123 e. The van der Waals surface area contributed by atoms with Crippen molar-refractivity contribution >= 4 is 0 Å². The van der Waals surface area contributed by atoms with Crippen LogP contribution in [-0.2, 0) is 6.54 Å². The summed E-state index contributed by atoms with van der Waals surface area (Å²) in [5.74, 6) is 0.958. The second-order valence-corrected chi connectivity index (χ2v) is 5.75. The van der Waals surface area contributed by atoms with Gasteiger partial charge in [-0.25, -0.2) is 0 Å². The van der Waals surface area contributed by atoms with Gasteiger partial charge in [-0.2, -0.15) is 0 Å². The molecule has 1 rings (SSSR count). The van der Waals surface area contributed by atoms with Crippen LogP contribution >= 0.6 is 0 Å². The minimum atomic E-state index is 0.00473. The molecule has 0 atom stereocenters. The molecule has 19 heavy (non-hydrogen) atoms. The molecule has 0 saturated carbocycles. The lowest BCUT2D eigenvalue weighted by Crippen LogP contribution is -2.49. The fourth-order valence-corrected chi connectivity index (χ4v) is 2.23. The maximum atomic E-state index is 5.92. The van der Waals surface area contributed by atoms with Crippen LogP contribution in [0.2, 0.25) is 0 Å². The number of ether oxygens (including phenoxy) is 1. The second kappa shape index (κ2) is 6.92. The first-order chi connectivity index (χ1) is 8.94. The Morgan fingerprint density at radius 3 is 2.53 bits per heavy atom.